The van der Waals surface area contributed by atoms with E-state index in [4.69, 9.17) is 9.47 Å². The molecule has 4 rings (SSSR count). The zero-order chi connectivity index (χ0) is 23.4. The summed E-state index contributed by atoms with van der Waals surface area (Å²) in [6.07, 6.45) is 2.41. The highest BCUT2D eigenvalue weighted by molar-refractivity contribution is 7.14. The third kappa shape index (κ3) is 4.47. The van der Waals surface area contributed by atoms with E-state index in [1.165, 1.54) is 16.2 Å². The Morgan fingerprint density at radius 2 is 1.88 bits per heavy atom. The van der Waals surface area contributed by atoms with Gasteiger partial charge in [0.2, 0.25) is 0 Å². The maximum absolute atomic E-state index is 13.1. The van der Waals surface area contributed by atoms with Gasteiger partial charge in [-0.25, -0.2) is 4.98 Å². The van der Waals surface area contributed by atoms with Gasteiger partial charge in [-0.2, -0.15) is 0 Å². The zero-order valence-corrected chi connectivity index (χ0v) is 19.2. The predicted octanol–water partition coefficient (Wildman–Crippen LogP) is 4.96. The van der Waals surface area contributed by atoms with E-state index < -0.39 is 17.7 Å². The van der Waals surface area contributed by atoms with Gasteiger partial charge in [-0.15, -0.1) is 11.3 Å². The number of ether oxygens (including phenoxy) is 2. The maximum Gasteiger partial charge on any atom is 0.301 e. The number of nitrogens with zero attached hydrogens (tertiary/aromatic N) is 2. The lowest BCUT2D eigenvalue weighted by Gasteiger charge is -2.23. The lowest BCUT2D eigenvalue weighted by atomic mass is 9.95. The lowest BCUT2D eigenvalue weighted by Crippen LogP contribution is -2.29. The Balaban J connectivity index is 1.84. The minimum atomic E-state index is -0.827. The predicted molar refractivity (Wildman–Crippen MR) is 127 cm³/mol. The molecule has 1 aliphatic rings. The molecule has 7 nitrogen and oxygen atoms in total. The van der Waals surface area contributed by atoms with E-state index >= 15 is 0 Å². The molecule has 0 saturated carbocycles. The lowest BCUT2D eigenvalue weighted by molar-refractivity contribution is -0.132. The number of aliphatic hydroxyl groups is 1. The molecule has 1 amide bonds. The standard InChI is InChI=1S/C25H24N2O5S/c1-3-13-32-19-7-5-6-17(15-19)22(28)20-21(16-8-10-18(11-9-16)31-4-2)27(24(30)23(20)29)25-26-12-14-33-25/h5-12,14-15,21,28H,3-4,13H2,1-2H3. The largest absolute Gasteiger partial charge is 0.507 e. The smallest absolute Gasteiger partial charge is 0.301 e. The van der Waals surface area contributed by atoms with Crippen LogP contribution < -0.4 is 14.4 Å². The van der Waals surface area contributed by atoms with Crippen molar-refractivity contribution in [2.75, 3.05) is 18.1 Å². The Hall–Kier alpha value is -3.65. The van der Waals surface area contributed by atoms with E-state index in [1.54, 1.807) is 60.1 Å². The Bertz CT molecular complexity index is 1170. The number of benzene rings is 2. The van der Waals surface area contributed by atoms with Gasteiger partial charge in [0.1, 0.15) is 17.3 Å². The van der Waals surface area contributed by atoms with E-state index in [0.29, 0.717) is 41.0 Å². The SMILES string of the molecule is CCCOc1cccc(C(O)=C2C(=O)C(=O)N(c3nccs3)C2c2ccc(OCC)cc2)c1. The highest BCUT2D eigenvalue weighted by atomic mass is 32.1. The van der Waals surface area contributed by atoms with Gasteiger partial charge < -0.3 is 14.6 Å². The summed E-state index contributed by atoms with van der Waals surface area (Å²) in [5.74, 6) is -0.501. The summed E-state index contributed by atoms with van der Waals surface area (Å²) < 4.78 is 11.2. The van der Waals surface area contributed by atoms with Crippen LogP contribution in [0.3, 0.4) is 0 Å². The summed E-state index contributed by atoms with van der Waals surface area (Å²) in [5.41, 5.74) is 1.07. The minimum absolute atomic E-state index is 0.00648. The van der Waals surface area contributed by atoms with Crippen molar-refractivity contribution < 1.29 is 24.2 Å². The fourth-order valence-corrected chi connectivity index (χ4v) is 4.37. The first-order chi connectivity index (χ1) is 16.0. The molecule has 2 aromatic carbocycles. The topological polar surface area (TPSA) is 89.0 Å². The summed E-state index contributed by atoms with van der Waals surface area (Å²) in [4.78, 5) is 31.8. The van der Waals surface area contributed by atoms with E-state index in [9.17, 15) is 14.7 Å². The summed E-state index contributed by atoms with van der Waals surface area (Å²) in [6.45, 7) is 4.95. The molecule has 1 unspecified atom stereocenters. The Morgan fingerprint density at radius 3 is 2.55 bits per heavy atom. The van der Waals surface area contributed by atoms with Crippen molar-refractivity contribution >= 4 is 33.9 Å². The molecule has 170 valence electrons. The van der Waals surface area contributed by atoms with E-state index in [0.717, 1.165) is 6.42 Å². The van der Waals surface area contributed by atoms with Crippen LogP contribution in [0.2, 0.25) is 0 Å². The van der Waals surface area contributed by atoms with Gasteiger partial charge in [-0.3, -0.25) is 14.5 Å². The Labute approximate surface area is 195 Å². The van der Waals surface area contributed by atoms with Crippen LogP contribution >= 0.6 is 11.3 Å². The zero-order valence-electron chi connectivity index (χ0n) is 18.4. The molecule has 0 aliphatic carbocycles. The molecule has 1 saturated heterocycles. The van der Waals surface area contributed by atoms with Crippen LogP contribution in [0, 0.1) is 0 Å². The van der Waals surface area contributed by atoms with Crippen molar-refractivity contribution in [3.8, 4) is 11.5 Å². The molecule has 8 heteroatoms. The second-order valence-corrected chi connectivity index (χ2v) is 8.24. The van der Waals surface area contributed by atoms with E-state index in [2.05, 4.69) is 4.98 Å². The number of hydrogen-bond acceptors (Lipinski definition) is 7. The van der Waals surface area contributed by atoms with Crippen LogP contribution in [0.15, 0.2) is 65.7 Å². The first-order valence-corrected chi connectivity index (χ1v) is 11.6. The van der Waals surface area contributed by atoms with Gasteiger partial charge in [0, 0.05) is 17.1 Å². The number of anilines is 1. The van der Waals surface area contributed by atoms with Crippen LogP contribution in [0.4, 0.5) is 5.13 Å². The van der Waals surface area contributed by atoms with Crippen LogP contribution in [-0.2, 0) is 9.59 Å². The molecule has 0 radical (unpaired) electrons. The summed E-state index contributed by atoms with van der Waals surface area (Å²) in [7, 11) is 0. The molecule has 1 atom stereocenters. The average Bonchev–Trinajstić information content (AvgIpc) is 3.45. The van der Waals surface area contributed by atoms with Crippen molar-refractivity contribution in [1.82, 2.24) is 4.98 Å². The summed E-state index contributed by atoms with van der Waals surface area (Å²) in [5, 5.41) is 13.3. The van der Waals surface area contributed by atoms with Gasteiger partial charge in [-0.05, 0) is 43.2 Å². The fourth-order valence-electron chi connectivity index (χ4n) is 3.70. The summed E-state index contributed by atoms with van der Waals surface area (Å²) >= 11 is 1.25. The van der Waals surface area contributed by atoms with Gasteiger partial charge in [0.05, 0.1) is 24.8 Å². The maximum atomic E-state index is 13.1. The number of Topliss-reactive ketones (excluding diaryl/α,β-unsaturated/α-hetero) is 1. The van der Waals surface area contributed by atoms with Crippen LogP contribution in [0.25, 0.3) is 5.76 Å². The van der Waals surface area contributed by atoms with Gasteiger partial charge in [-0.1, -0.05) is 31.2 Å². The van der Waals surface area contributed by atoms with Crippen molar-refractivity contribution in [3.63, 3.8) is 0 Å². The molecule has 1 aromatic heterocycles. The molecule has 2 heterocycles. The van der Waals surface area contributed by atoms with Crippen molar-refractivity contribution in [2.24, 2.45) is 0 Å². The summed E-state index contributed by atoms with van der Waals surface area (Å²) in [6, 6.07) is 13.2. The van der Waals surface area contributed by atoms with Crippen molar-refractivity contribution in [2.45, 2.75) is 26.3 Å². The molecule has 1 fully saturated rings. The first-order valence-electron chi connectivity index (χ1n) is 10.7. The number of rotatable bonds is 8. The molecular weight excluding hydrogens is 440 g/mol. The van der Waals surface area contributed by atoms with Gasteiger partial charge >= 0.3 is 5.91 Å². The number of hydrogen-bond donors (Lipinski definition) is 1. The molecular formula is C25H24N2O5S. The van der Waals surface area contributed by atoms with E-state index in [1.807, 2.05) is 13.8 Å². The number of ketones is 1. The third-order valence-corrected chi connectivity index (χ3v) is 5.93. The Kier molecular flexibility index (Phi) is 6.74. The number of amides is 1. The number of carbonyl (C=O) groups excluding carboxylic acids is 2. The molecule has 33 heavy (non-hydrogen) atoms. The monoisotopic (exact) mass is 464 g/mol. The normalized spacial score (nSPS) is 17.4. The van der Waals surface area contributed by atoms with Crippen molar-refractivity contribution in [1.29, 1.82) is 0 Å². The number of aromatic nitrogens is 1. The average molecular weight is 465 g/mol. The molecule has 3 aromatic rings. The minimum Gasteiger partial charge on any atom is -0.507 e. The van der Waals surface area contributed by atoms with E-state index in [-0.39, 0.29) is 11.3 Å². The van der Waals surface area contributed by atoms with Crippen LogP contribution in [-0.4, -0.2) is 35.0 Å². The number of thiazole rings is 1. The molecule has 1 aliphatic heterocycles. The fraction of sp³-hybridized carbons (Fsp3) is 0.240. The van der Waals surface area contributed by atoms with Crippen LogP contribution in [0.5, 0.6) is 11.5 Å². The Morgan fingerprint density at radius 1 is 1.09 bits per heavy atom. The highest BCUT2D eigenvalue weighted by Gasteiger charge is 2.48. The number of aliphatic hydroxyl groups excluding tert-OH is 1. The molecule has 0 bridgehead atoms. The molecule has 0 spiro atoms. The number of carbonyl (C=O) groups is 2. The third-order valence-electron chi connectivity index (χ3n) is 5.16. The highest BCUT2D eigenvalue weighted by Crippen LogP contribution is 2.43. The first kappa shape index (κ1) is 22.5. The van der Waals surface area contributed by atoms with Crippen molar-refractivity contribution in [3.05, 3.63) is 76.8 Å². The van der Waals surface area contributed by atoms with Gasteiger partial charge in [0.15, 0.2) is 5.13 Å². The molecule has 1 N–H and O–H groups in total. The second kappa shape index (κ2) is 9.87. The van der Waals surface area contributed by atoms with Crippen LogP contribution in [0.1, 0.15) is 37.4 Å². The van der Waals surface area contributed by atoms with Gasteiger partial charge in [0.25, 0.3) is 5.78 Å². The second-order valence-electron chi connectivity index (χ2n) is 7.36. The quantitative estimate of drug-likeness (QED) is 0.288.